The van der Waals surface area contributed by atoms with E-state index in [9.17, 15) is 25.5 Å². The Morgan fingerprint density at radius 3 is 2.46 bits per heavy atom. The number of nitro benzene ring substituents is 2. The third-order valence-corrected chi connectivity index (χ3v) is 4.37. The molecule has 3 rings (SSSR count). The van der Waals surface area contributed by atoms with Crippen LogP contribution in [0.3, 0.4) is 0 Å². The smallest absolute Gasteiger partial charge is 0.271 e. The van der Waals surface area contributed by atoms with Crippen LogP contribution in [-0.2, 0) is 0 Å². The molecule has 0 spiro atoms. The molecule has 1 heterocycles. The van der Waals surface area contributed by atoms with Gasteiger partial charge in [-0.1, -0.05) is 18.2 Å². The standard InChI is InChI=1S/C17H10N6O4S/c18-9-15(21-20-12-4-2-6-14(8-12)23(26)27)17-19-16(10-28-17)11-3-1-5-13(7-11)22(24)25/h1-8,10,20H/b21-15-. The number of hydrogen-bond donors (Lipinski definition) is 1. The quantitative estimate of drug-likeness (QED) is 0.378. The van der Waals surface area contributed by atoms with Gasteiger partial charge < -0.3 is 0 Å². The van der Waals surface area contributed by atoms with Crippen molar-refractivity contribution in [1.82, 2.24) is 4.98 Å². The zero-order valence-electron chi connectivity index (χ0n) is 14.0. The largest absolute Gasteiger partial charge is 0.277 e. The molecule has 0 aliphatic heterocycles. The lowest BCUT2D eigenvalue weighted by atomic mass is 10.1. The molecule has 0 fully saturated rings. The second kappa shape index (κ2) is 8.02. The van der Waals surface area contributed by atoms with E-state index in [1.165, 1.54) is 30.3 Å². The topological polar surface area (TPSA) is 147 Å². The Hall–Kier alpha value is -4.17. The van der Waals surface area contributed by atoms with Gasteiger partial charge in [0.05, 0.1) is 21.2 Å². The van der Waals surface area contributed by atoms with Crippen LogP contribution >= 0.6 is 11.3 Å². The number of nitrogens with one attached hydrogen (secondary N) is 1. The van der Waals surface area contributed by atoms with Gasteiger partial charge in [0.2, 0.25) is 0 Å². The number of nitrogens with zero attached hydrogens (tertiary/aromatic N) is 5. The highest BCUT2D eigenvalue weighted by atomic mass is 32.1. The van der Waals surface area contributed by atoms with Crippen molar-refractivity contribution in [2.75, 3.05) is 5.43 Å². The molecule has 0 aliphatic carbocycles. The zero-order valence-corrected chi connectivity index (χ0v) is 14.8. The molecule has 0 saturated heterocycles. The average molecular weight is 394 g/mol. The zero-order chi connectivity index (χ0) is 20.1. The van der Waals surface area contributed by atoms with Crippen molar-refractivity contribution >= 4 is 34.1 Å². The SMILES string of the molecule is N#C/C(=N/Nc1cccc([N+](=O)[O-])c1)c1nc(-c2cccc([N+](=O)[O-])c2)cs1. The van der Waals surface area contributed by atoms with Gasteiger partial charge in [-0.05, 0) is 6.07 Å². The summed E-state index contributed by atoms with van der Waals surface area (Å²) in [4.78, 5) is 25.0. The van der Waals surface area contributed by atoms with Crippen LogP contribution in [0.1, 0.15) is 5.01 Å². The van der Waals surface area contributed by atoms with Crippen LogP contribution in [-0.4, -0.2) is 20.5 Å². The van der Waals surface area contributed by atoms with Gasteiger partial charge in [0.15, 0.2) is 10.7 Å². The molecule has 0 amide bonds. The van der Waals surface area contributed by atoms with Gasteiger partial charge in [0, 0.05) is 35.2 Å². The van der Waals surface area contributed by atoms with Gasteiger partial charge in [-0.25, -0.2) is 4.98 Å². The van der Waals surface area contributed by atoms with E-state index >= 15 is 0 Å². The molecule has 0 unspecified atom stereocenters. The predicted octanol–water partition coefficient (Wildman–Crippen LogP) is 3.97. The van der Waals surface area contributed by atoms with E-state index in [2.05, 4.69) is 15.5 Å². The van der Waals surface area contributed by atoms with Gasteiger partial charge in [0.1, 0.15) is 6.07 Å². The summed E-state index contributed by atoms with van der Waals surface area (Å²) >= 11 is 1.15. The van der Waals surface area contributed by atoms with E-state index in [4.69, 9.17) is 0 Å². The van der Waals surface area contributed by atoms with Crippen LogP contribution in [0.15, 0.2) is 59.0 Å². The molecule has 0 bridgehead atoms. The maximum absolute atomic E-state index is 10.9. The summed E-state index contributed by atoms with van der Waals surface area (Å²) in [5, 5.41) is 37.0. The molecule has 0 atom stereocenters. The van der Waals surface area contributed by atoms with E-state index in [0.29, 0.717) is 22.0 Å². The van der Waals surface area contributed by atoms with Crippen molar-refractivity contribution in [2.45, 2.75) is 0 Å². The van der Waals surface area contributed by atoms with Gasteiger partial charge in [-0.3, -0.25) is 25.7 Å². The molecular weight excluding hydrogens is 384 g/mol. The van der Waals surface area contributed by atoms with Crippen LogP contribution in [0.25, 0.3) is 11.3 Å². The molecule has 1 N–H and O–H groups in total. The highest BCUT2D eigenvalue weighted by Gasteiger charge is 2.13. The molecule has 3 aromatic rings. The molecule has 138 valence electrons. The third kappa shape index (κ3) is 4.14. The number of rotatable bonds is 6. The normalized spacial score (nSPS) is 10.9. The van der Waals surface area contributed by atoms with Crippen molar-refractivity contribution in [3.05, 3.63) is 79.1 Å². The van der Waals surface area contributed by atoms with Crippen LogP contribution in [0, 0.1) is 31.6 Å². The second-order valence-electron chi connectivity index (χ2n) is 5.34. The van der Waals surface area contributed by atoms with Crippen molar-refractivity contribution in [3.8, 4) is 17.3 Å². The molecule has 0 radical (unpaired) electrons. The number of non-ortho nitro benzene ring substituents is 2. The first-order chi connectivity index (χ1) is 13.5. The lowest BCUT2D eigenvalue weighted by molar-refractivity contribution is -0.385. The lowest BCUT2D eigenvalue weighted by Gasteiger charge is -2.00. The molecular formula is C17H10N6O4S. The van der Waals surface area contributed by atoms with E-state index in [-0.39, 0.29) is 17.1 Å². The summed E-state index contributed by atoms with van der Waals surface area (Å²) in [6.45, 7) is 0. The molecule has 10 nitrogen and oxygen atoms in total. The number of aromatic nitrogens is 1. The maximum Gasteiger partial charge on any atom is 0.271 e. The van der Waals surface area contributed by atoms with Crippen LogP contribution in [0.4, 0.5) is 17.1 Å². The minimum absolute atomic E-state index is 0.0202. The molecule has 1 aromatic heterocycles. The molecule has 11 heteroatoms. The van der Waals surface area contributed by atoms with Crippen LogP contribution < -0.4 is 5.43 Å². The number of benzene rings is 2. The molecule has 28 heavy (non-hydrogen) atoms. The van der Waals surface area contributed by atoms with Gasteiger partial charge >= 0.3 is 0 Å². The number of anilines is 1. The van der Waals surface area contributed by atoms with Gasteiger partial charge in [-0.15, -0.1) is 11.3 Å². The van der Waals surface area contributed by atoms with Gasteiger partial charge in [0.25, 0.3) is 11.4 Å². The number of hydrazone groups is 1. The Kier molecular flexibility index (Phi) is 5.33. The monoisotopic (exact) mass is 394 g/mol. The Balaban J connectivity index is 1.84. The Labute approximate surface area is 161 Å². The fourth-order valence-corrected chi connectivity index (χ4v) is 2.99. The highest BCUT2D eigenvalue weighted by Crippen LogP contribution is 2.26. The Bertz CT molecular complexity index is 1130. The first-order valence-corrected chi connectivity index (χ1v) is 8.55. The molecule has 0 saturated carbocycles. The first-order valence-electron chi connectivity index (χ1n) is 7.67. The van der Waals surface area contributed by atoms with E-state index in [1.807, 2.05) is 6.07 Å². The summed E-state index contributed by atoms with van der Waals surface area (Å²) in [5.74, 6) is 0. The molecule has 0 aliphatic rings. The van der Waals surface area contributed by atoms with Crippen LogP contribution in [0.5, 0.6) is 0 Å². The van der Waals surface area contributed by atoms with Crippen molar-refractivity contribution in [1.29, 1.82) is 5.26 Å². The average Bonchev–Trinajstić information content (AvgIpc) is 3.19. The van der Waals surface area contributed by atoms with E-state index < -0.39 is 9.85 Å². The van der Waals surface area contributed by atoms with Crippen LogP contribution in [0.2, 0.25) is 0 Å². The van der Waals surface area contributed by atoms with Gasteiger partial charge in [-0.2, -0.15) is 10.4 Å². The van der Waals surface area contributed by atoms with Crippen molar-refractivity contribution in [3.63, 3.8) is 0 Å². The summed E-state index contributed by atoms with van der Waals surface area (Å²) in [5.41, 5.74) is 3.77. The summed E-state index contributed by atoms with van der Waals surface area (Å²) in [7, 11) is 0. The second-order valence-corrected chi connectivity index (χ2v) is 6.19. The highest BCUT2D eigenvalue weighted by molar-refractivity contribution is 7.12. The number of thiazole rings is 1. The maximum atomic E-state index is 10.9. The third-order valence-electron chi connectivity index (χ3n) is 3.52. The Morgan fingerprint density at radius 1 is 1.11 bits per heavy atom. The lowest BCUT2D eigenvalue weighted by Crippen LogP contribution is -2.01. The van der Waals surface area contributed by atoms with Crippen molar-refractivity contribution in [2.24, 2.45) is 5.10 Å². The van der Waals surface area contributed by atoms with E-state index in [0.717, 1.165) is 11.3 Å². The summed E-state index contributed by atoms with van der Waals surface area (Å²) in [6, 6.07) is 13.6. The minimum atomic E-state index is -0.535. The summed E-state index contributed by atoms with van der Waals surface area (Å²) in [6.07, 6.45) is 0. The number of hydrogen-bond acceptors (Lipinski definition) is 9. The number of nitriles is 1. The number of nitro groups is 2. The molecule has 2 aromatic carbocycles. The van der Waals surface area contributed by atoms with E-state index in [1.54, 1.807) is 23.6 Å². The predicted molar refractivity (Wildman–Crippen MR) is 103 cm³/mol. The first kappa shape index (κ1) is 18.6. The fourth-order valence-electron chi connectivity index (χ4n) is 2.22. The minimum Gasteiger partial charge on any atom is -0.277 e. The summed E-state index contributed by atoms with van der Waals surface area (Å²) < 4.78 is 0. The Morgan fingerprint density at radius 2 is 1.79 bits per heavy atom. The fraction of sp³-hybridized carbons (Fsp3) is 0. The van der Waals surface area contributed by atoms with Crippen molar-refractivity contribution < 1.29 is 9.85 Å².